The average Bonchev–Trinajstić information content (AvgIpc) is 2.68. The van der Waals surface area contributed by atoms with Crippen molar-refractivity contribution in [1.29, 1.82) is 0 Å². The Bertz CT molecular complexity index is 529. The van der Waals surface area contributed by atoms with Crippen LogP contribution in [0.15, 0.2) is 24.3 Å². The highest BCUT2D eigenvalue weighted by Gasteiger charge is 2.12. The molecule has 0 aliphatic heterocycles. The summed E-state index contributed by atoms with van der Waals surface area (Å²) in [6, 6.07) is 7.10. The lowest BCUT2D eigenvalue weighted by atomic mass is 10.1. The van der Waals surface area contributed by atoms with Crippen molar-refractivity contribution in [3.05, 3.63) is 24.3 Å². The largest absolute Gasteiger partial charge is 0.494 e. The standard InChI is InChI=1S/C22H36N2O3/c1-3-5-7-8-9-10-11-17-23-21(25)22(26)24-19-13-15-20(16-14-19)27-18-12-6-4-2/h13-16H,3-12,17-18H2,1-2H3,(H,23,25)(H,24,26). The van der Waals surface area contributed by atoms with Gasteiger partial charge in [-0.05, 0) is 37.1 Å². The van der Waals surface area contributed by atoms with E-state index in [1.807, 2.05) is 0 Å². The number of hydrogen-bond acceptors (Lipinski definition) is 3. The van der Waals surface area contributed by atoms with E-state index in [2.05, 4.69) is 24.5 Å². The molecule has 0 aliphatic carbocycles. The van der Waals surface area contributed by atoms with Crippen molar-refractivity contribution in [2.45, 2.75) is 78.1 Å². The Morgan fingerprint density at radius 1 is 0.778 bits per heavy atom. The molecule has 0 saturated carbocycles. The molecule has 5 heteroatoms. The second-order valence-corrected chi connectivity index (χ2v) is 6.91. The zero-order valence-corrected chi connectivity index (χ0v) is 17.0. The van der Waals surface area contributed by atoms with Gasteiger partial charge < -0.3 is 15.4 Å². The predicted molar refractivity (Wildman–Crippen MR) is 111 cm³/mol. The molecule has 0 saturated heterocycles. The first-order valence-electron chi connectivity index (χ1n) is 10.5. The molecular formula is C22H36N2O3. The van der Waals surface area contributed by atoms with Crippen LogP contribution in [0, 0.1) is 0 Å². The van der Waals surface area contributed by atoms with E-state index in [0.29, 0.717) is 18.8 Å². The summed E-state index contributed by atoms with van der Waals surface area (Å²) in [7, 11) is 0. The summed E-state index contributed by atoms with van der Waals surface area (Å²) >= 11 is 0. The number of benzene rings is 1. The van der Waals surface area contributed by atoms with Crippen molar-refractivity contribution >= 4 is 17.5 Å². The summed E-state index contributed by atoms with van der Waals surface area (Å²) in [5.41, 5.74) is 0.590. The number of amides is 2. The van der Waals surface area contributed by atoms with Crippen LogP contribution in [-0.2, 0) is 9.59 Å². The fraction of sp³-hybridized carbons (Fsp3) is 0.636. The molecule has 152 valence electrons. The van der Waals surface area contributed by atoms with Gasteiger partial charge in [0.1, 0.15) is 5.75 Å². The maximum absolute atomic E-state index is 11.9. The molecule has 0 bridgehead atoms. The minimum Gasteiger partial charge on any atom is -0.494 e. The first-order valence-corrected chi connectivity index (χ1v) is 10.5. The van der Waals surface area contributed by atoms with Crippen molar-refractivity contribution in [3.8, 4) is 5.75 Å². The lowest BCUT2D eigenvalue weighted by molar-refractivity contribution is -0.136. The van der Waals surface area contributed by atoms with Crippen LogP contribution in [0.3, 0.4) is 0 Å². The van der Waals surface area contributed by atoms with E-state index in [-0.39, 0.29) is 0 Å². The second kappa shape index (κ2) is 15.1. The van der Waals surface area contributed by atoms with Gasteiger partial charge in [-0.3, -0.25) is 9.59 Å². The number of carbonyl (C=O) groups excluding carboxylic acids is 2. The number of rotatable bonds is 14. The molecule has 1 aromatic carbocycles. The maximum Gasteiger partial charge on any atom is 0.313 e. The lowest BCUT2D eigenvalue weighted by Crippen LogP contribution is -2.35. The Hall–Kier alpha value is -2.04. The molecule has 0 aromatic heterocycles. The molecule has 0 fully saturated rings. The smallest absolute Gasteiger partial charge is 0.313 e. The summed E-state index contributed by atoms with van der Waals surface area (Å²) in [4.78, 5) is 23.8. The van der Waals surface area contributed by atoms with Gasteiger partial charge in [0, 0.05) is 12.2 Å². The highest BCUT2D eigenvalue weighted by atomic mass is 16.5. The van der Waals surface area contributed by atoms with Crippen molar-refractivity contribution in [3.63, 3.8) is 0 Å². The van der Waals surface area contributed by atoms with Crippen LogP contribution in [0.25, 0.3) is 0 Å². The number of anilines is 1. The van der Waals surface area contributed by atoms with E-state index >= 15 is 0 Å². The summed E-state index contributed by atoms with van der Waals surface area (Å²) < 4.78 is 5.63. The van der Waals surface area contributed by atoms with Gasteiger partial charge >= 0.3 is 11.8 Å². The van der Waals surface area contributed by atoms with E-state index < -0.39 is 11.8 Å². The Morgan fingerprint density at radius 3 is 2.04 bits per heavy atom. The first-order chi connectivity index (χ1) is 13.2. The van der Waals surface area contributed by atoms with Crippen LogP contribution >= 0.6 is 0 Å². The molecule has 0 radical (unpaired) electrons. The molecule has 0 spiro atoms. The van der Waals surface area contributed by atoms with Crippen LogP contribution in [0.2, 0.25) is 0 Å². The summed E-state index contributed by atoms with van der Waals surface area (Å²) in [5.74, 6) is -0.442. The number of nitrogens with one attached hydrogen (secondary N) is 2. The van der Waals surface area contributed by atoms with Crippen LogP contribution < -0.4 is 15.4 Å². The van der Waals surface area contributed by atoms with Crippen LogP contribution in [0.1, 0.15) is 78.1 Å². The van der Waals surface area contributed by atoms with Gasteiger partial charge in [0.15, 0.2) is 0 Å². The van der Waals surface area contributed by atoms with Gasteiger partial charge in [-0.15, -0.1) is 0 Å². The summed E-state index contributed by atoms with van der Waals surface area (Å²) in [6.07, 6.45) is 11.6. The van der Waals surface area contributed by atoms with Gasteiger partial charge in [0.2, 0.25) is 0 Å². The predicted octanol–water partition coefficient (Wildman–Crippen LogP) is 5.06. The van der Waals surface area contributed by atoms with Crippen molar-refractivity contribution < 1.29 is 14.3 Å². The minimum atomic E-state index is -0.630. The van der Waals surface area contributed by atoms with Crippen molar-refractivity contribution in [2.24, 2.45) is 0 Å². The lowest BCUT2D eigenvalue weighted by Gasteiger charge is -2.08. The van der Waals surface area contributed by atoms with Gasteiger partial charge in [-0.1, -0.05) is 65.2 Å². The molecule has 5 nitrogen and oxygen atoms in total. The molecular weight excluding hydrogens is 340 g/mol. The topological polar surface area (TPSA) is 67.4 Å². The van der Waals surface area contributed by atoms with Crippen molar-refractivity contribution in [1.82, 2.24) is 5.32 Å². The molecule has 0 aliphatic rings. The number of ether oxygens (including phenoxy) is 1. The molecule has 2 N–H and O–H groups in total. The quantitative estimate of drug-likeness (QED) is 0.352. The van der Waals surface area contributed by atoms with E-state index in [1.54, 1.807) is 24.3 Å². The third-order valence-corrected chi connectivity index (χ3v) is 4.40. The highest BCUT2D eigenvalue weighted by Crippen LogP contribution is 2.16. The molecule has 0 heterocycles. The fourth-order valence-corrected chi connectivity index (χ4v) is 2.73. The van der Waals surface area contributed by atoms with E-state index in [9.17, 15) is 9.59 Å². The van der Waals surface area contributed by atoms with Crippen LogP contribution in [0.4, 0.5) is 5.69 Å². The van der Waals surface area contributed by atoms with Gasteiger partial charge in [0.05, 0.1) is 6.61 Å². The van der Waals surface area contributed by atoms with Crippen LogP contribution in [-0.4, -0.2) is 25.0 Å². The number of carbonyl (C=O) groups is 2. The molecule has 0 unspecified atom stereocenters. The average molecular weight is 377 g/mol. The Morgan fingerprint density at radius 2 is 1.37 bits per heavy atom. The summed E-state index contributed by atoms with van der Waals surface area (Å²) in [6.45, 7) is 5.60. The maximum atomic E-state index is 11.9. The van der Waals surface area contributed by atoms with E-state index in [0.717, 1.165) is 37.9 Å². The Labute approximate surface area is 164 Å². The van der Waals surface area contributed by atoms with Gasteiger partial charge in [-0.25, -0.2) is 0 Å². The Kier molecular flexibility index (Phi) is 12.8. The third kappa shape index (κ3) is 11.3. The second-order valence-electron chi connectivity index (χ2n) is 6.91. The molecule has 0 atom stereocenters. The normalized spacial score (nSPS) is 10.4. The molecule has 1 rings (SSSR count). The first kappa shape index (κ1) is 23.0. The van der Waals surface area contributed by atoms with E-state index in [1.165, 1.54) is 32.1 Å². The molecule has 2 amide bonds. The monoisotopic (exact) mass is 376 g/mol. The van der Waals surface area contributed by atoms with Gasteiger partial charge in [-0.2, -0.15) is 0 Å². The molecule has 1 aromatic rings. The highest BCUT2D eigenvalue weighted by molar-refractivity contribution is 6.39. The molecule has 27 heavy (non-hydrogen) atoms. The van der Waals surface area contributed by atoms with Gasteiger partial charge in [0.25, 0.3) is 0 Å². The number of hydrogen-bond donors (Lipinski definition) is 2. The third-order valence-electron chi connectivity index (χ3n) is 4.40. The fourth-order valence-electron chi connectivity index (χ4n) is 2.73. The number of unbranched alkanes of at least 4 members (excludes halogenated alkanes) is 8. The van der Waals surface area contributed by atoms with E-state index in [4.69, 9.17) is 4.74 Å². The van der Waals surface area contributed by atoms with Crippen LogP contribution in [0.5, 0.6) is 5.75 Å². The minimum absolute atomic E-state index is 0.546. The SMILES string of the molecule is CCCCCCCCCNC(=O)C(=O)Nc1ccc(OCCCCC)cc1. The zero-order chi connectivity index (χ0) is 19.7. The zero-order valence-electron chi connectivity index (χ0n) is 17.0. The Balaban J connectivity index is 2.17. The van der Waals surface area contributed by atoms with Crippen molar-refractivity contribution in [2.75, 3.05) is 18.5 Å². The summed E-state index contributed by atoms with van der Waals surface area (Å²) in [5, 5.41) is 5.29.